The van der Waals surface area contributed by atoms with Crippen molar-refractivity contribution in [3.63, 3.8) is 0 Å². The predicted molar refractivity (Wildman–Crippen MR) is 62.8 cm³/mol. The fourth-order valence-electron chi connectivity index (χ4n) is 1.95. The van der Waals surface area contributed by atoms with E-state index in [9.17, 15) is 18.0 Å². The van der Waals surface area contributed by atoms with Crippen LogP contribution in [-0.2, 0) is 6.18 Å². The van der Waals surface area contributed by atoms with Gasteiger partial charge in [-0.05, 0) is 26.0 Å². The number of hydrogen-bond acceptors (Lipinski definition) is 3. The summed E-state index contributed by atoms with van der Waals surface area (Å²) in [5.41, 5.74) is -0.862. The van der Waals surface area contributed by atoms with Crippen LogP contribution in [0.25, 0.3) is 5.82 Å². The molecule has 5 nitrogen and oxygen atoms in total. The fraction of sp³-hybridized carbons (Fsp3) is 0.250. The molecule has 2 heterocycles. The van der Waals surface area contributed by atoms with Gasteiger partial charge in [-0.15, -0.1) is 0 Å². The molecule has 8 heteroatoms. The standard InChI is InChI=1S/C12H10F3N3O2/c1-6-9(11(19)20)7(2)18(17-6)10-8(12(13,14)15)4-3-5-16-10/h3-5H,1-2H3,(H,19,20). The number of pyridine rings is 1. The van der Waals surface area contributed by atoms with Crippen LogP contribution in [0.15, 0.2) is 18.3 Å². The van der Waals surface area contributed by atoms with Crippen molar-refractivity contribution in [1.29, 1.82) is 0 Å². The van der Waals surface area contributed by atoms with E-state index < -0.39 is 23.5 Å². The minimum absolute atomic E-state index is 0.0965. The van der Waals surface area contributed by atoms with Crippen molar-refractivity contribution in [3.05, 3.63) is 40.8 Å². The Morgan fingerprint density at radius 3 is 2.50 bits per heavy atom. The highest BCUT2D eigenvalue weighted by atomic mass is 19.4. The molecule has 0 aromatic carbocycles. The van der Waals surface area contributed by atoms with Gasteiger partial charge in [-0.2, -0.15) is 18.3 Å². The summed E-state index contributed by atoms with van der Waals surface area (Å²) in [6.45, 7) is 2.81. The van der Waals surface area contributed by atoms with E-state index in [0.29, 0.717) is 0 Å². The van der Waals surface area contributed by atoms with Gasteiger partial charge >= 0.3 is 12.1 Å². The molecule has 0 radical (unpaired) electrons. The number of aryl methyl sites for hydroxylation is 1. The lowest BCUT2D eigenvalue weighted by Gasteiger charge is -2.12. The summed E-state index contributed by atoms with van der Waals surface area (Å²) in [6, 6.07) is 2.04. The van der Waals surface area contributed by atoms with Crippen LogP contribution in [0.3, 0.4) is 0 Å². The second kappa shape index (κ2) is 4.62. The number of carboxylic acid groups (broad SMARTS) is 1. The molecule has 1 N–H and O–H groups in total. The lowest BCUT2D eigenvalue weighted by Crippen LogP contribution is -2.14. The van der Waals surface area contributed by atoms with Gasteiger partial charge in [0.15, 0.2) is 5.82 Å². The molecule has 106 valence electrons. The molecule has 0 bridgehead atoms. The highest BCUT2D eigenvalue weighted by Gasteiger charge is 2.35. The molecule has 20 heavy (non-hydrogen) atoms. The van der Waals surface area contributed by atoms with Gasteiger partial charge in [-0.1, -0.05) is 0 Å². The average molecular weight is 285 g/mol. The maximum Gasteiger partial charge on any atom is 0.420 e. The van der Waals surface area contributed by atoms with Crippen molar-refractivity contribution in [3.8, 4) is 5.82 Å². The molecular weight excluding hydrogens is 275 g/mol. The van der Waals surface area contributed by atoms with Crippen molar-refractivity contribution in [2.24, 2.45) is 0 Å². The maximum absolute atomic E-state index is 12.9. The van der Waals surface area contributed by atoms with Gasteiger partial charge in [0.1, 0.15) is 11.1 Å². The molecule has 2 rings (SSSR count). The van der Waals surface area contributed by atoms with Crippen molar-refractivity contribution in [1.82, 2.24) is 14.8 Å². The normalized spacial score (nSPS) is 11.7. The minimum atomic E-state index is -4.60. The van der Waals surface area contributed by atoms with Crippen LogP contribution in [0.1, 0.15) is 27.3 Å². The highest BCUT2D eigenvalue weighted by molar-refractivity contribution is 5.90. The van der Waals surface area contributed by atoms with Crippen LogP contribution in [0, 0.1) is 13.8 Å². The van der Waals surface area contributed by atoms with Crippen LogP contribution in [-0.4, -0.2) is 25.8 Å². The molecule has 0 saturated carbocycles. The Kier molecular flexibility index (Phi) is 3.24. The summed E-state index contributed by atoms with van der Waals surface area (Å²) in [5.74, 6) is -1.68. The van der Waals surface area contributed by atoms with Crippen LogP contribution >= 0.6 is 0 Å². The van der Waals surface area contributed by atoms with E-state index >= 15 is 0 Å². The first-order valence-corrected chi connectivity index (χ1v) is 5.55. The SMILES string of the molecule is Cc1nn(-c2ncccc2C(F)(F)F)c(C)c1C(=O)O. The number of rotatable bonds is 2. The fourth-order valence-corrected chi connectivity index (χ4v) is 1.95. The summed E-state index contributed by atoms with van der Waals surface area (Å²) in [5, 5.41) is 12.9. The van der Waals surface area contributed by atoms with Crippen molar-refractivity contribution in [2.45, 2.75) is 20.0 Å². The molecule has 2 aromatic rings. The summed E-state index contributed by atoms with van der Waals surface area (Å²) < 4.78 is 39.7. The van der Waals surface area contributed by atoms with E-state index in [1.165, 1.54) is 20.0 Å². The Hall–Kier alpha value is -2.38. The molecular formula is C12H10F3N3O2. The summed E-state index contributed by atoms with van der Waals surface area (Å²) in [6.07, 6.45) is -3.40. The molecule has 0 aliphatic rings. The van der Waals surface area contributed by atoms with Gasteiger partial charge in [0.25, 0.3) is 0 Å². The number of aromatic carboxylic acids is 1. The first-order valence-electron chi connectivity index (χ1n) is 5.55. The van der Waals surface area contributed by atoms with Gasteiger partial charge in [0.2, 0.25) is 0 Å². The van der Waals surface area contributed by atoms with Gasteiger partial charge in [-0.3, -0.25) is 0 Å². The van der Waals surface area contributed by atoms with Crippen LogP contribution in [0.2, 0.25) is 0 Å². The van der Waals surface area contributed by atoms with Crippen molar-refractivity contribution < 1.29 is 23.1 Å². The Morgan fingerprint density at radius 1 is 1.35 bits per heavy atom. The zero-order chi connectivity index (χ0) is 15.1. The molecule has 0 saturated heterocycles. The number of alkyl halides is 3. The first-order chi connectivity index (χ1) is 9.23. The van der Waals surface area contributed by atoms with E-state index in [-0.39, 0.29) is 17.0 Å². The van der Waals surface area contributed by atoms with Crippen molar-refractivity contribution in [2.75, 3.05) is 0 Å². The summed E-state index contributed by atoms with van der Waals surface area (Å²) in [4.78, 5) is 14.8. The minimum Gasteiger partial charge on any atom is -0.478 e. The van der Waals surface area contributed by atoms with Gasteiger partial charge in [0, 0.05) is 6.20 Å². The maximum atomic E-state index is 12.9. The number of halogens is 3. The van der Waals surface area contributed by atoms with Gasteiger partial charge in [-0.25, -0.2) is 14.5 Å². The quantitative estimate of drug-likeness (QED) is 0.921. The second-order valence-electron chi connectivity index (χ2n) is 4.14. The lowest BCUT2D eigenvalue weighted by molar-refractivity contribution is -0.137. The molecule has 0 fully saturated rings. The Bertz CT molecular complexity index is 677. The predicted octanol–water partition coefficient (Wildman–Crippen LogP) is 2.60. The largest absolute Gasteiger partial charge is 0.478 e. The Balaban J connectivity index is 2.71. The zero-order valence-electron chi connectivity index (χ0n) is 10.6. The highest BCUT2D eigenvalue weighted by Crippen LogP contribution is 2.33. The van der Waals surface area contributed by atoms with E-state index in [4.69, 9.17) is 5.11 Å². The average Bonchev–Trinajstić information content (AvgIpc) is 2.63. The number of hydrogen-bond donors (Lipinski definition) is 1. The molecule has 0 unspecified atom stereocenters. The van der Waals surface area contributed by atoms with Crippen LogP contribution in [0.5, 0.6) is 0 Å². The number of carbonyl (C=O) groups is 1. The number of nitrogens with zero attached hydrogens (tertiary/aromatic N) is 3. The van der Waals surface area contributed by atoms with Crippen LogP contribution in [0.4, 0.5) is 13.2 Å². The third-order valence-corrected chi connectivity index (χ3v) is 2.80. The van der Waals surface area contributed by atoms with E-state index in [1.807, 2.05) is 0 Å². The molecule has 0 atom stereocenters. The zero-order valence-corrected chi connectivity index (χ0v) is 10.6. The third kappa shape index (κ3) is 2.24. The summed E-state index contributed by atoms with van der Waals surface area (Å²) >= 11 is 0. The number of aromatic nitrogens is 3. The second-order valence-corrected chi connectivity index (χ2v) is 4.14. The first kappa shape index (κ1) is 14.0. The van der Waals surface area contributed by atoms with E-state index in [1.54, 1.807) is 0 Å². The van der Waals surface area contributed by atoms with E-state index in [0.717, 1.165) is 16.8 Å². The van der Waals surface area contributed by atoms with E-state index in [2.05, 4.69) is 10.1 Å². The van der Waals surface area contributed by atoms with Crippen molar-refractivity contribution >= 4 is 5.97 Å². The van der Waals surface area contributed by atoms with Crippen LogP contribution < -0.4 is 0 Å². The smallest absolute Gasteiger partial charge is 0.420 e. The van der Waals surface area contributed by atoms with Gasteiger partial charge < -0.3 is 5.11 Å². The molecule has 0 amide bonds. The monoisotopic (exact) mass is 285 g/mol. The lowest BCUT2D eigenvalue weighted by atomic mass is 10.2. The Labute approximate surface area is 111 Å². The molecule has 0 aliphatic heterocycles. The Morgan fingerprint density at radius 2 is 2.00 bits per heavy atom. The topological polar surface area (TPSA) is 68.0 Å². The van der Waals surface area contributed by atoms with Gasteiger partial charge in [0.05, 0.1) is 11.4 Å². The molecule has 0 spiro atoms. The molecule has 2 aromatic heterocycles. The molecule has 0 aliphatic carbocycles. The third-order valence-electron chi connectivity index (χ3n) is 2.80. The summed E-state index contributed by atoms with van der Waals surface area (Å²) in [7, 11) is 0. The number of carboxylic acids is 1.